The van der Waals surface area contributed by atoms with E-state index in [2.05, 4.69) is 10.3 Å². The van der Waals surface area contributed by atoms with E-state index in [0.29, 0.717) is 24.0 Å². The lowest BCUT2D eigenvalue weighted by Gasteiger charge is -2.22. The smallest absolute Gasteiger partial charge is 0.330 e. The van der Waals surface area contributed by atoms with Crippen molar-refractivity contribution >= 4 is 23.3 Å². The van der Waals surface area contributed by atoms with Gasteiger partial charge in [-0.05, 0) is 25.0 Å². The number of aromatic amines is 1. The Balaban J connectivity index is 2.16. The number of nitrogens with two attached hydrogens (primary N) is 1. The van der Waals surface area contributed by atoms with Crippen LogP contribution in [0, 0.1) is 0 Å². The van der Waals surface area contributed by atoms with Gasteiger partial charge in [0, 0.05) is 18.3 Å². The minimum Gasteiger partial charge on any atom is -0.383 e. The fraction of sp³-hybridized carbons (Fsp3) is 0.692. The zero-order valence-corrected chi connectivity index (χ0v) is 12.6. The molecule has 1 aliphatic heterocycles. The van der Waals surface area contributed by atoms with E-state index >= 15 is 0 Å². The highest BCUT2D eigenvalue weighted by Gasteiger charge is 2.16. The van der Waals surface area contributed by atoms with E-state index in [9.17, 15) is 9.59 Å². The summed E-state index contributed by atoms with van der Waals surface area (Å²) in [5, 5.41) is 3.64. The molecule has 0 spiro atoms. The maximum Gasteiger partial charge on any atom is 0.330 e. The van der Waals surface area contributed by atoms with Gasteiger partial charge in [0.15, 0.2) is 0 Å². The van der Waals surface area contributed by atoms with Gasteiger partial charge in [0.25, 0.3) is 5.56 Å². The van der Waals surface area contributed by atoms with Crippen LogP contribution in [-0.4, -0.2) is 27.1 Å². The summed E-state index contributed by atoms with van der Waals surface area (Å²) in [5.74, 6) is 1.41. The van der Waals surface area contributed by atoms with E-state index in [1.807, 2.05) is 18.7 Å². The van der Waals surface area contributed by atoms with Gasteiger partial charge in [-0.3, -0.25) is 14.3 Å². The van der Waals surface area contributed by atoms with Crippen LogP contribution in [0.3, 0.4) is 0 Å². The van der Waals surface area contributed by atoms with Gasteiger partial charge >= 0.3 is 5.69 Å². The zero-order valence-electron chi connectivity index (χ0n) is 11.8. The lowest BCUT2D eigenvalue weighted by Crippen LogP contribution is -2.35. The number of H-pyrrole nitrogens is 1. The van der Waals surface area contributed by atoms with Crippen LogP contribution in [0.2, 0.25) is 0 Å². The van der Waals surface area contributed by atoms with Crippen LogP contribution >= 0.6 is 11.8 Å². The highest BCUT2D eigenvalue weighted by Crippen LogP contribution is 2.25. The molecule has 6 nitrogen and oxygen atoms in total. The van der Waals surface area contributed by atoms with Gasteiger partial charge in [-0.25, -0.2) is 4.79 Å². The largest absolute Gasteiger partial charge is 0.383 e. The molecule has 1 fully saturated rings. The zero-order chi connectivity index (χ0) is 14.5. The average molecular weight is 298 g/mol. The lowest BCUT2D eigenvalue weighted by atomic mass is 10.2. The Hall–Kier alpha value is -1.37. The molecule has 1 saturated heterocycles. The number of nitrogen functional groups attached to an aromatic ring is 1. The molecular weight excluding hydrogens is 276 g/mol. The molecule has 1 aliphatic rings. The molecule has 2 rings (SSSR count). The SMILES string of the molecule is CCCn1c(N)c(NCC2CCCCS2)c(=O)[nH]c1=O. The van der Waals surface area contributed by atoms with Gasteiger partial charge in [0.2, 0.25) is 0 Å². The van der Waals surface area contributed by atoms with Crippen molar-refractivity contribution in [2.45, 2.75) is 44.4 Å². The maximum absolute atomic E-state index is 11.9. The number of nitrogens with zero attached hydrogens (tertiary/aromatic N) is 1. The monoisotopic (exact) mass is 298 g/mol. The fourth-order valence-electron chi connectivity index (χ4n) is 2.39. The summed E-state index contributed by atoms with van der Waals surface area (Å²) in [7, 11) is 0. The van der Waals surface area contributed by atoms with Crippen LogP contribution in [0.5, 0.6) is 0 Å². The quantitative estimate of drug-likeness (QED) is 0.760. The summed E-state index contributed by atoms with van der Waals surface area (Å²) in [6.45, 7) is 3.18. The summed E-state index contributed by atoms with van der Waals surface area (Å²) in [5.41, 5.74) is 5.42. The summed E-state index contributed by atoms with van der Waals surface area (Å²) in [6.07, 6.45) is 4.45. The van der Waals surface area contributed by atoms with Crippen molar-refractivity contribution in [1.29, 1.82) is 0 Å². The predicted molar refractivity (Wildman–Crippen MR) is 84.6 cm³/mol. The Kier molecular flexibility index (Phi) is 5.17. The molecule has 0 bridgehead atoms. The third-order valence-electron chi connectivity index (χ3n) is 3.47. The molecule has 0 radical (unpaired) electrons. The number of hydrogen-bond acceptors (Lipinski definition) is 5. The minimum absolute atomic E-state index is 0.237. The van der Waals surface area contributed by atoms with E-state index in [1.165, 1.54) is 23.2 Å². The molecule has 1 unspecified atom stereocenters. The predicted octanol–water partition coefficient (Wildman–Crippen LogP) is 1.23. The summed E-state index contributed by atoms with van der Waals surface area (Å²) >= 11 is 1.93. The molecule has 1 aromatic heterocycles. The van der Waals surface area contributed by atoms with Gasteiger partial charge in [0.05, 0.1) is 0 Å². The number of nitrogens with one attached hydrogen (secondary N) is 2. The first-order valence-corrected chi connectivity index (χ1v) is 8.16. The van der Waals surface area contributed by atoms with Crippen molar-refractivity contribution in [1.82, 2.24) is 9.55 Å². The topological polar surface area (TPSA) is 92.9 Å². The average Bonchev–Trinajstić information content (AvgIpc) is 2.44. The molecule has 1 aromatic rings. The van der Waals surface area contributed by atoms with Gasteiger partial charge in [0.1, 0.15) is 11.5 Å². The lowest BCUT2D eigenvalue weighted by molar-refractivity contribution is 0.641. The second-order valence-electron chi connectivity index (χ2n) is 5.04. The number of aromatic nitrogens is 2. The van der Waals surface area contributed by atoms with Crippen molar-refractivity contribution in [2.24, 2.45) is 0 Å². The summed E-state index contributed by atoms with van der Waals surface area (Å²) in [4.78, 5) is 25.9. The first kappa shape index (κ1) is 15.0. The molecule has 20 heavy (non-hydrogen) atoms. The number of rotatable bonds is 5. The molecule has 0 amide bonds. The highest BCUT2D eigenvalue weighted by molar-refractivity contribution is 7.99. The molecule has 112 valence electrons. The van der Waals surface area contributed by atoms with Crippen LogP contribution in [-0.2, 0) is 6.54 Å². The molecule has 0 aliphatic carbocycles. The number of thioether (sulfide) groups is 1. The second-order valence-corrected chi connectivity index (χ2v) is 6.45. The van der Waals surface area contributed by atoms with Crippen molar-refractivity contribution in [3.05, 3.63) is 20.8 Å². The first-order chi connectivity index (χ1) is 9.63. The fourth-order valence-corrected chi connectivity index (χ4v) is 3.63. The van der Waals surface area contributed by atoms with Crippen molar-refractivity contribution in [2.75, 3.05) is 23.3 Å². The third kappa shape index (κ3) is 3.39. The van der Waals surface area contributed by atoms with Crippen LogP contribution in [0.15, 0.2) is 9.59 Å². The van der Waals surface area contributed by atoms with Crippen molar-refractivity contribution in [3.63, 3.8) is 0 Å². The van der Waals surface area contributed by atoms with E-state index in [-0.39, 0.29) is 5.82 Å². The van der Waals surface area contributed by atoms with Crippen molar-refractivity contribution in [3.8, 4) is 0 Å². The standard InChI is InChI=1S/C13H22N4O2S/c1-2-6-17-11(14)10(12(18)16-13(17)19)15-8-9-5-3-4-7-20-9/h9,15H,2-8,14H2,1H3,(H,16,18,19). The number of hydrogen-bond donors (Lipinski definition) is 3. The molecule has 2 heterocycles. The molecule has 7 heteroatoms. The van der Waals surface area contributed by atoms with Crippen LogP contribution in [0.4, 0.5) is 11.5 Å². The van der Waals surface area contributed by atoms with Crippen molar-refractivity contribution < 1.29 is 0 Å². The van der Waals surface area contributed by atoms with Crippen LogP contribution in [0.25, 0.3) is 0 Å². The van der Waals surface area contributed by atoms with E-state index in [0.717, 1.165) is 12.8 Å². The molecule has 0 saturated carbocycles. The molecule has 4 N–H and O–H groups in total. The van der Waals surface area contributed by atoms with Crippen LogP contribution in [0.1, 0.15) is 32.6 Å². The van der Waals surface area contributed by atoms with Gasteiger partial charge in [-0.15, -0.1) is 0 Å². The Labute approximate surface area is 122 Å². The Bertz CT molecular complexity index is 560. The molecular formula is C13H22N4O2S. The second kappa shape index (κ2) is 6.88. The Morgan fingerprint density at radius 3 is 2.90 bits per heavy atom. The summed E-state index contributed by atoms with van der Waals surface area (Å²) in [6, 6.07) is 0. The minimum atomic E-state index is -0.438. The number of anilines is 2. The van der Waals surface area contributed by atoms with Crippen LogP contribution < -0.4 is 22.3 Å². The van der Waals surface area contributed by atoms with E-state index in [4.69, 9.17) is 5.73 Å². The normalized spacial score (nSPS) is 18.9. The Morgan fingerprint density at radius 1 is 1.45 bits per heavy atom. The first-order valence-electron chi connectivity index (χ1n) is 7.11. The van der Waals surface area contributed by atoms with Gasteiger partial charge in [-0.1, -0.05) is 13.3 Å². The van der Waals surface area contributed by atoms with E-state index < -0.39 is 11.2 Å². The Morgan fingerprint density at radius 2 is 2.25 bits per heavy atom. The maximum atomic E-state index is 11.9. The molecule has 0 aromatic carbocycles. The van der Waals surface area contributed by atoms with Gasteiger partial charge < -0.3 is 11.1 Å². The highest BCUT2D eigenvalue weighted by atomic mass is 32.2. The third-order valence-corrected chi connectivity index (χ3v) is 4.87. The van der Waals surface area contributed by atoms with Gasteiger partial charge in [-0.2, -0.15) is 11.8 Å². The van der Waals surface area contributed by atoms with E-state index in [1.54, 1.807) is 0 Å². The molecule has 1 atom stereocenters. The summed E-state index contributed by atoms with van der Waals surface area (Å²) < 4.78 is 1.41.